The molecule has 2 aromatic carbocycles. The molecule has 1 aliphatic carbocycles. The van der Waals surface area contributed by atoms with Crippen LogP contribution in [0.2, 0.25) is 0 Å². The first-order valence-corrected chi connectivity index (χ1v) is 11.1. The predicted octanol–water partition coefficient (Wildman–Crippen LogP) is 5.48. The monoisotopic (exact) mass is 437 g/mol. The van der Waals surface area contributed by atoms with Gasteiger partial charge in [-0.05, 0) is 60.4 Å². The minimum absolute atomic E-state index is 0.0799. The number of carbonyl (C=O) groups excluding carboxylic acids is 1. The zero-order chi connectivity index (χ0) is 22.0. The van der Waals surface area contributed by atoms with E-state index < -0.39 is 10.7 Å². The molecule has 2 atom stereocenters. The standard InChI is InChI=1S/C23H23N3O4S/c1-15-7-5-6-10-18(15)25-22(28)21(31-23(25)24-17-8-3-2-4-9-17)14-16-11-12-20(27)19(13-16)26(29)30/h2-4,8-9,11-15,18,27H,5-7,10H2,1H3/b21-14-,24-23?/t15-,18-/m1/s1. The Morgan fingerprint density at radius 1 is 1.19 bits per heavy atom. The van der Waals surface area contributed by atoms with Crippen LogP contribution in [0.3, 0.4) is 0 Å². The lowest BCUT2D eigenvalue weighted by atomic mass is 9.85. The molecule has 0 aromatic heterocycles. The number of phenols is 1. The van der Waals surface area contributed by atoms with Crippen LogP contribution >= 0.6 is 11.8 Å². The van der Waals surface area contributed by atoms with Crippen LogP contribution in [-0.4, -0.2) is 32.0 Å². The average molecular weight is 438 g/mol. The van der Waals surface area contributed by atoms with Gasteiger partial charge in [0.05, 0.1) is 15.5 Å². The maximum absolute atomic E-state index is 13.4. The van der Waals surface area contributed by atoms with E-state index in [-0.39, 0.29) is 17.6 Å². The predicted molar refractivity (Wildman–Crippen MR) is 122 cm³/mol. The van der Waals surface area contributed by atoms with Gasteiger partial charge in [0, 0.05) is 12.1 Å². The Labute approximate surface area is 184 Å². The first-order valence-electron chi connectivity index (χ1n) is 10.3. The third-order valence-electron chi connectivity index (χ3n) is 5.71. The van der Waals surface area contributed by atoms with Gasteiger partial charge in [-0.1, -0.05) is 44.0 Å². The zero-order valence-corrected chi connectivity index (χ0v) is 17.9. The molecule has 0 radical (unpaired) electrons. The van der Waals surface area contributed by atoms with E-state index in [0.717, 1.165) is 31.4 Å². The van der Waals surface area contributed by atoms with Crippen molar-refractivity contribution in [2.45, 2.75) is 38.6 Å². The van der Waals surface area contributed by atoms with E-state index in [9.17, 15) is 20.0 Å². The molecule has 1 saturated heterocycles. The van der Waals surface area contributed by atoms with Gasteiger partial charge in [-0.25, -0.2) is 4.99 Å². The van der Waals surface area contributed by atoms with E-state index in [1.54, 1.807) is 12.1 Å². The molecule has 31 heavy (non-hydrogen) atoms. The number of thioether (sulfide) groups is 1. The number of para-hydroxylation sites is 1. The lowest BCUT2D eigenvalue weighted by Gasteiger charge is -2.35. The molecule has 1 saturated carbocycles. The first kappa shape index (κ1) is 21.1. The molecular weight excluding hydrogens is 414 g/mol. The van der Waals surface area contributed by atoms with E-state index in [4.69, 9.17) is 4.99 Å². The van der Waals surface area contributed by atoms with E-state index in [1.807, 2.05) is 35.2 Å². The topological polar surface area (TPSA) is 96.0 Å². The summed E-state index contributed by atoms with van der Waals surface area (Å²) in [7, 11) is 0. The summed E-state index contributed by atoms with van der Waals surface area (Å²) in [6.45, 7) is 2.17. The number of rotatable bonds is 4. The van der Waals surface area contributed by atoms with Crippen LogP contribution in [0.15, 0.2) is 58.4 Å². The molecule has 2 aliphatic rings. The molecular formula is C23H23N3O4S. The van der Waals surface area contributed by atoms with Crippen molar-refractivity contribution >= 4 is 40.3 Å². The fraction of sp³-hybridized carbons (Fsp3) is 0.304. The molecule has 1 heterocycles. The largest absolute Gasteiger partial charge is 0.502 e. The van der Waals surface area contributed by atoms with Gasteiger partial charge < -0.3 is 5.11 Å². The maximum Gasteiger partial charge on any atom is 0.311 e. The number of nitro groups is 1. The Morgan fingerprint density at radius 3 is 2.65 bits per heavy atom. The van der Waals surface area contributed by atoms with Gasteiger partial charge in [0.1, 0.15) is 0 Å². The summed E-state index contributed by atoms with van der Waals surface area (Å²) < 4.78 is 0. The molecule has 1 aliphatic heterocycles. The Morgan fingerprint density at radius 2 is 1.94 bits per heavy atom. The van der Waals surface area contributed by atoms with E-state index >= 15 is 0 Å². The highest BCUT2D eigenvalue weighted by Crippen LogP contribution is 2.40. The molecule has 4 rings (SSSR count). The van der Waals surface area contributed by atoms with Crippen molar-refractivity contribution in [2.75, 3.05) is 0 Å². The van der Waals surface area contributed by atoms with Gasteiger partial charge in [0.25, 0.3) is 5.91 Å². The summed E-state index contributed by atoms with van der Waals surface area (Å²) >= 11 is 1.29. The van der Waals surface area contributed by atoms with Crippen molar-refractivity contribution < 1.29 is 14.8 Å². The van der Waals surface area contributed by atoms with Crippen LogP contribution in [0, 0.1) is 16.0 Å². The molecule has 0 unspecified atom stereocenters. The lowest BCUT2D eigenvalue weighted by Crippen LogP contribution is -2.44. The molecule has 8 heteroatoms. The fourth-order valence-electron chi connectivity index (χ4n) is 4.08. The third kappa shape index (κ3) is 4.49. The Bertz CT molecular complexity index is 1070. The number of benzene rings is 2. The first-order chi connectivity index (χ1) is 14.9. The minimum atomic E-state index is -0.640. The zero-order valence-electron chi connectivity index (χ0n) is 17.1. The number of amidine groups is 1. The number of nitro benzene ring substituents is 1. The number of aliphatic imine (C=N–C) groups is 1. The van der Waals surface area contributed by atoms with Crippen LogP contribution in [0.25, 0.3) is 6.08 Å². The number of aromatic hydroxyl groups is 1. The fourth-order valence-corrected chi connectivity index (χ4v) is 5.12. The Kier molecular flexibility index (Phi) is 6.08. The summed E-state index contributed by atoms with van der Waals surface area (Å²) in [5.74, 6) is -0.163. The second-order valence-corrected chi connectivity index (χ2v) is 8.86. The van der Waals surface area contributed by atoms with Crippen LogP contribution in [0.4, 0.5) is 11.4 Å². The summed E-state index contributed by atoms with van der Waals surface area (Å²) in [6, 6.07) is 13.7. The molecule has 1 N–H and O–H groups in total. The number of hydrogen-bond donors (Lipinski definition) is 1. The highest BCUT2D eigenvalue weighted by Gasteiger charge is 2.41. The quantitative estimate of drug-likeness (QED) is 0.388. The highest BCUT2D eigenvalue weighted by atomic mass is 32.2. The van der Waals surface area contributed by atoms with E-state index in [0.29, 0.717) is 21.6 Å². The highest BCUT2D eigenvalue weighted by molar-refractivity contribution is 8.18. The van der Waals surface area contributed by atoms with Gasteiger partial charge in [-0.15, -0.1) is 0 Å². The van der Waals surface area contributed by atoms with Gasteiger partial charge in [0.2, 0.25) is 0 Å². The van der Waals surface area contributed by atoms with Crippen LogP contribution in [0.1, 0.15) is 38.2 Å². The van der Waals surface area contributed by atoms with Crippen LogP contribution in [0.5, 0.6) is 5.75 Å². The molecule has 160 valence electrons. The number of hydrogen-bond acceptors (Lipinski definition) is 6. The lowest BCUT2D eigenvalue weighted by molar-refractivity contribution is -0.385. The van der Waals surface area contributed by atoms with Crippen molar-refractivity contribution in [3.8, 4) is 5.75 Å². The Hall–Kier alpha value is -3.13. The number of phenolic OH excluding ortho intramolecular Hbond substituents is 1. The number of nitrogens with zero attached hydrogens (tertiary/aromatic N) is 3. The van der Waals surface area contributed by atoms with Gasteiger partial charge in [-0.3, -0.25) is 19.8 Å². The molecule has 0 spiro atoms. The normalized spacial score (nSPS) is 24.2. The van der Waals surface area contributed by atoms with E-state index in [2.05, 4.69) is 6.92 Å². The molecule has 1 amide bonds. The van der Waals surface area contributed by atoms with Crippen molar-refractivity contribution in [3.63, 3.8) is 0 Å². The number of carbonyl (C=O) groups is 1. The van der Waals surface area contributed by atoms with Crippen molar-refractivity contribution in [2.24, 2.45) is 10.9 Å². The van der Waals surface area contributed by atoms with Gasteiger partial charge in [0.15, 0.2) is 10.9 Å². The second kappa shape index (κ2) is 8.93. The van der Waals surface area contributed by atoms with Gasteiger partial charge >= 0.3 is 5.69 Å². The van der Waals surface area contributed by atoms with Crippen LogP contribution < -0.4 is 0 Å². The molecule has 7 nitrogen and oxygen atoms in total. The second-order valence-electron chi connectivity index (χ2n) is 7.85. The van der Waals surface area contributed by atoms with Crippen LogP contribution in [-0.2, 0) is 4.79 Å². The van der Waals surface area contributed by atoms with E-state index in [1.165, 1.54) is 23.9 Å². The smallest absolute Gasteiger partial charge is 0.311 e. The summed E-state index contributed by atoms with van der Waals surface area (Å²) in [5, 5.41) is 21.5. The van der Waals surface area contributed by atoms with Crippen molar-refractivity contribution in [1.82, 2.24) is 4.90 Å². The summed E-state index contributed by atoms with van der Waals surface area (Å²) in [4.78, 5) is 30.9. The SMILES string of the molecule is C[C@@H]1CCCC[C@H]1N1C(=O)/C(=C/c2ccc(O)c([N+](=O)[O-])c2)SC1=Nc1ccccc1. The Balaban J connectivity index is 1.73. The average Bonchev–Trinajstić information content (AvgIpc) is 3.05. The third-order valence-corrected chi connectivity index (χ3v) is 6.69. The van der Waals surface area contributed by atoms with Crippen molar-refractivity contribution in [1.29, 1.82) is 0 Å². The maximum atomic E-state index is 13.4. The summed E-state index contributed by atoms with van der Waals surface area (Å²) in [6.07, 6.45) is 5.87. The number of amides is 1. The molecule has 0 bridgehead atoms. The molecule has 2 fully saturated rings. The minimum Gasteiger partial charge on any atom is -0.502 e. The summed E-state index contributed by atoms with van der Waals surface area (Å²) in [5.41, 5.74) is 0.867. The van der Waals surface area contributed by atoms with Gasteiger partial charge in [-0.2, -0.15) is 0 Å². The molecule has 2 aromatic rings. The van der Waals surface area contributed by atoms with Crippen molar-refractivity contribution in [3.05, 3.63) is 69.1 Å².